The van der Waals surface area contributed by atoms with Gasteiger partial charge in [0.05, 0.1) is 28.2 Å². The molecule has 3 rings (SSSR count). The van der Waals surface area contributed by atoms with E-state index in [1.165, 1.54) is 0 Å². The molecule has 1 aromatic heterocycles. The zero-order valence-electron chi connectivity index (χ0n) is 15.3. The third-order valence-electron chi connectivity index (χ3n) is 4.30. The van der Waals surface area contributed by atoms with Crippen LogP contribution in [-0.2, 0) is 10.0 Å². The van der Waals surface area contributed by atoms with Gasteiger partial charge < -0.3 is 0 Å². The molecule has 0 saturated carbocycles. The number of benzene rings is 2. The summed E-state index contributed by atoms with van der Waals surface area (Å²) < 4.78 is 29.7. The highest BCUT2D eigenvalue weighted by Crippen LogP contribution is 2.22. The maximum Gasteiger partial charge on any atom is 0.261 e. The Morgan fingerprint density at radius 1 is 1.04 bits per heavy atom. The lowest BCUT2D eigenvalue weighted by molar-refractivity contribution is 0.601. The minimum absolute atomic E-state index is 0.245. The summed E-state index contributed by atoms with van der Waals surface area (Å²) in [5.74, 6) is 0.251. The van der Waals surface area contributed by atoms with E-state index in [0.717, 1.165) is 22.5 Å². The van der Waals surface area contributed by atoms with E-state index >= 15 is 0 Å². The molecule has 0 aliphatic carbocycles. The fourth-order valence-corrected chi connectivity index (χ4v) is 3.77. The quantitative estimate of drug-likeness (QED) is 0.741. The Hall–Kier alpha value is -2.67. The molecule has 0 aliphatic heterocycles. The van der Waals surface area contributed by atoms with E-state index in [2.05, 4.69) is 28.9 Å². The van der Waals surface area contributed by atoms with Crippen molar-refractivity contribution < 1.29 is 8.42 Å². The van der Waals surface area contributed by atoms with Gasteiger partial charge in [-0.2, -0.15) is 0 Å². The van der Waals surface area contributed by atoms with Crippen molar-refractivity contribution in [2.24, 2.45) is 0 Å². The van der Waals surface area contributed by atoms with Gasteiger partial charge in [-0.05, 0) is 61.2 Å². The molecule has 1 heterocycles. The maximum absolute atomic E-state index is 12.7. The highest BCUT2D eigenvalue weighted by atomic mass is 32.2. The van der Waals surface area contributed by atoms with Gasteiger partial charge in [-0.15, -0.1) is 5.10 Å². The molecular weight excluding hydrogens is 348 g/mol. The van der Waals surface area contributed by atoms with Crippen molar-refractivity contribution in [3.05, 3.63) is 65.5 Å². The molecular formula is C19H22N4O2S. The van der Waals surface area contributed by atoms with E-state index in [9.17, 15) is 8.42 Å². The largest absolute Gasteiger partial charge is 0.280 e. The fourth-order valence-electron chi connectivity index (χ4n) is 2.63. The number of anilines is 1. The smallest absolute Gasteiger partial charge is 0.261 e. The van der Waals surface area contributed by atoms with Gasteiger partial charge in [0.15, 0.2) is 0 Å². The molecule has 3 aromatic rings. The summed E-state index contributed by atoms with van der Waals surface area (Å²) in [7, 11) is -3.66. The average molecular weight is 370 g/mol. The molecule has 26 heavy (non-hydrogen) atoms. The van der Waals surface area contributed by atoms with Gasteiger partial charge in [-0.25, -0.2) is 13.1 Å². The van der Waals surface area contributed by atoms with Crippen LogP contribution in [0.3, 0.4) is 0 Å². The maximum atomic E-state index is 12.7. The Bertz CT molecular complexity index is 1040. The first kappa shape index (κ1) is 18.1. The lowest BCUT2D eigenvalue weighted by Crippen LogP contribution is -2.13. The molecule has 136 valence electrons. The van der Waals surface area contributed by atoms with Gasteiger partial charge in [-0.3, -0.25) is 4.72 Å². The van der Waals surface area contributed by atoms with E-state index in [1.807, 2.05) is 26.0 Å². The number of nitrogens with one attached hydrogen (secondary N) is 1. The number of hydrogen-bond donors (Lipinski definition) is 1. The summed E-state index contributed by atoms with van der Waals surface area (Å²) in [5.41, 5.74) is 4.18. The van der Waals surface area contributed by atoms with Crippen LogP contribution in [-0.4, -0.2) is 23.4 Å². The summed E-state index contributed by atoms with van der Waals surface area (Å²) in [4.78, 5) is 0.245. The summed E-state index contributed by atoms with van der Waals surface area (Å²) in [5, 5.41) is 8.08. The van der Waals surface area contributed by atoms with Crippen LogP contribution >= 0.6 is 0 Å². The third-order valence-corrected chi connectivity index (χ3v) is 5.68. The molecule has 0 fully saturated rings. The van der Waals surface area contributed by atoms with Crippen LogP contribution < -0.4 is 4.72 Å². The minimum Gasteiger partial charge on any atom is -0.280 e. The summed E-state index contributed by atoms with van der Waals surface area (Å²) in [6.07, 6.45) is 1.72. The van der Waals surface area contributed by atoms with Gasteiger partial charge in [0, 0.05) is 0 Å². The number of aryl methyl sites for hydroxylation is 2. The van der Waals surface area contributed by atoms with Gasteiger partial charge in [0.1, 0.15) is 0 Å². The van der Waals surface area contributed by atoms with E-state index < -0.39 is 10.0 Å². The number of hydrogen-bond acceptors (Lipinski definition) is 4. The Labute approximate surface area is 153 Å². The monoisotopic (exact) mass is 370 g/mol. The normalized spacial score (nSPS) is 11.7. The van der Waals surface area contributed by atoms with Crippen LogP contribution in [0.2, 0.25) is 0 Å². The van der Waals surface area contributed by atoms with Crippen LogP contribution in [0.4, 0.5) is 5.69 Å². The van der Waals surface area contributed by atoms with E-state index in [0.29, 0.717) is 5.69 Å². The molecule has 6 nitrogen and oxygen atoms in total. The van der Waals surface area contributed by atoms with Crippen LogP contribution in [0, 0.1) is 13.8 Å². The summed E-state index contributed by atoms with van der Waals surface area (Å²) in [6.45, 7) is 7.96. The predicted octanol–water partition coefficient (Wildman–Crippen LogP) is 3.81. The van der Waals surface area contributed by atoms with Crippen LogP contribution in [0.25, 0.3) is 5.69 Å². The van der Waals surface area contributed by atoms with E-state index in [4.69, 9.17) is 0 Å². The molecule has 7 heteroatoms. The highest BCUT2D eigenvalue weighted by Gasteiger charge is 2.16. The average Bonchev–Trinajstić information content (AvgIpc) is 3.07. The van der Waals surface area contributed by atoms with Crippen LogP contribution in [0.5, 0.6) is 0 Å². The standard InChI is InChI=1S/C19H22N4O2S/c1-13(2)19-12-20-22-23(19)17-7-5-6-16(11-17)21-26(24,25)18-9-8-14(3)15(4)10-18/h5-13,21H,1-4H3. The minimum atomic E-state index is -3.66. The summed E-state index contributed by atoms with van der Waals surface area (Å²) in [6, 6.07) is 12.2. The molecule has 2 aromatic carbocycles. The van der Waals surface area contributed by atoms with E-state index in [-0.39, 0.29) is 10.8 Å². The third kappa shape index (κ3) is 3.62. The molecule has 0 unspecified atom stereocenters. The SMILES string of the molecule is Cc1ccc(S(=O)(=O)Nc2cccc(-n3nncc3C(C)C)c2)cc1C. The van der Waals surface area contributed by atoms with Crippen LogP contribution in [0.15, 0.2) is 53.6 Å². The fraction of sp³-hybridized carbons (Fsp3) is 0.263. The second-order valence-corrected chi connectivity index (χ2v) is 8.31. The van der Waals surface area contributed by atoms with Crippen molar-refractivity contribution in [2.75, 3.05) is 4.72 Å². The molecule has 0 spiro atoms. The molecule has 1 N–H and O–H groups in total. The number of sulfonamides is 1. The van der Waals surface area contributed by atoms with Gasteiger partial charge in [-0.1, -0.05) is 31.2 Å². The van der Waals surface area contributed by atoms with Crippen LogP contribution in [0.1, 0.15) is 36.6 Å². The zero-order chi connectivity index (χ0) is 18.9. The molecule has 0 atom stereocenters. The molecule has 0 radical (unpaired) electrons. The molecule has 0 amide bonds. The predicted molar refractivity (Wildman–Crippen MR) is 102 cm³/mol. The zero-order valence-corrected chi connectivity index (χ0v) is 16.1. The Balaban J connectivity index is 1.93. The Morgan fingerprint density at radius 2 is 1.81 bits per heavy atom. The second kappa shape index (κ2) is 6.92. The van der Waals surface area contributed by atoms with Gasteiger partial charge >= 0.3 is 0 Å². The first-order chi connectivity index (χ1) is 12.3. The number of aromatic nitrogens is 3. The van der Waals surface area contributed by atoms with Gasteiger partial charge in [0.2, 0.25) is 0 Å². The summed E-state index contributed by atoms with van der Waals surface area (Å²) >= 11 is 0. The topological polar surface area (TPSA) is 76.9 Å². The van der Waals surface area contributed by atoms with Crippen molar-refractivity contribution in [2.45, 2.75) is 38.5 Å². The Morgan fingerprint density at radius 3 is 2.50 bits per heavy atom. The van der Waals surface area contributed by atoms with Crippen molar-refractivity contribution in [3.63, 3.8) is 0 Å². The highest BCUT2D eigenvalue weighted by molar-refractivity contribution is 7.92. The first-order valence-corrected chi connectivity index (χ1v) is 9.87. The van der Waals surface area contributed by atoms with Crippen molar-refractivity contribution in [1.29, 1.82) is 0 Å². The Kier molecular flexibility index (Phi) is 4.82. The second-order valence-electron chi connectivity index (χ2n) is 6.63. The molecule has 0 saturated heterocycles. The first-order valence-electron chi connectivity index (χ1n) is 8.39. The lowest BCUT2D eigenvalue weighted by Gasteiger charge is -2.12. The molecule has 0 bridgehead atoms. The van der Waals surface area contributed by atoms with Crippen molar-refractivity contribution >= 4 is 15.7 Å². The van der Waals surface area contributed by atoms with Gasteiger partial charge in [0.25, 0.3) is 10.0 Å². The lowest BCUT2D eigenvalue weighted by atomic mass is 10.1. The van der Waals surface area contributed by atoms with Crippen molar-refractivity contribution in [3.8, 4) is 5.69 Å². The molecule has 0 aliphatic rings. The van der Waals surface area contributed by atoms with E-state index in [1.54, 1.807) is 41.2 Å². The number of rotatable bonds is 5. The van der Waals surface area contributed by atoms with Crippen molar-refractivity contribution in [1.82, 2.24) is 15.0 Å². The number of nitrogens with zero attached hydrogens (tertiary/aromatic N) is 3.